The fourth-order valence-electron chi connectivity index (χ4n) is 1.13. The van der Waals surface area contributed by atoms with Crippen molar-refractivity contribution in [2.75, 3.05) is 47.5 Å². The van der Waals surface area contributed by atoms with Crippen LogP contribution in [0.25, 0.3) is 0 Å². The molecule has 0 bridgehead atoms. The predicted molar refractivity (Wildman–Crippen MR) is 82.7 cm³/mol. The monoisotopic (exact) mass is 371 g/mol. The van der Waals surface area contributed by atoms with Crippen LogP contribution in [0.15, 0.2) is 11.6 Å². The van der Waals surface area contributed by atoms with Crippen LogP contribution in [0.3, 0.4) is 0 Å². The number of aliphatic carboxylic acids is 2. The quantitative estimate of drug-likeness (QED) is 0.249. The normalized spacial score (nSPS) is 14.3. The summed E-state index contributed by atoms with van der Waals surface area (Å²) >= 11 is 0. The first-order chi connectivity index (χ1) is 10.8. The summed E-state index contributed by atoms with van der Waals surface area (Å²) in [5, 5.41) is 26.5. The van der Waals surface area contributed by atoms with Gasteiger partial charge in [-0.1, -0.05) is 0 Å². The van der Waals surface area contributed by atoms with Crippen molar-refractivity contribution in [2.24, 2.45) is 0 Å². The number of carbonyl (C=O) groups is 2. The molecule has 10 nitrogen and oxygen atoms in total. The zero-order valence-corrected chi connectivity index (χ0v) is 15.2. The molecule has 0 fully saturated rings. The number of hydrogen-bond donors (Lipinski definition) is 3. The number of carboxylic acids is 2. The van der Waals surface area contributed by atoms with Crippen LogP contribution in [0.2, 0.25) is 0 Å². The molecule has 0 spiro atoms. The summed E-state index contributed by atoms with van der Waals surface area (Å²) in [6.07, 6.45) is 0.292. The molecule has 142 valence electrons. The second-order valence-electron chi connectivity index (χ2n) is 5.50. The number of aliphatic hydroxyl groups is 1. The largest absolute Gasteiger partial charge is 0.545 e. The molecule has 0 saturated heterocycles. The SMILES string of the molecule is CCOP(=O)(O)OCC[N+](C)(C)C.O=C(O)/C=C(\CCO)C(=O)[O-]. The Hall–Kier alpha value is -1.29. The molecule has 0 radical (unpaired) electrons. The molecule has 0 aliphatic carbocycles. The molecule has 11 heteroatoms. The van der Waals surface area contributed by atoms with E-state index in [0.29, 0.717) is 17.1 Å². The Labute approximate surface area is 141 Å². The maximum atomic E-state index is 11.0. The van der Waals surface area contributed by atoms with Crippen molar-refractivity contribution in [2.45, 2.75) is 13.3 Å². The van der Waals surface area contributed by atoms with Crippen LogP contribution in [0.4, 0.5) is 0 Å². The number of phosphoric ester groups is 1. The van der Waals surface area contributed by atoms with Gasteiger partial charge < -0.3 is 29.5 Å². The van der Waals surface area contributed by atoms with Gasteiger partial charge in [0.1, 0.15) is 13.2 Å². The molecule has 0 aromatic rings. The van der Waals surface area contributed by atoms with E-state index in [1.807, 2.05) is 21.1 Å². The first-order valence-corrected chi connectivity index (χ1v) is 8.52. The zero-order valence-electron chi connectivity index (χ0n) is 14.3. The summed E-state index contributed by atoms with van der Waals surface area (Å²) in [5.74, 6) is -2.93. The summed E-state index contributed by atoms with van der Waals surface area (Å²) < 4.78 is 20.9. The van der Waals surface area contributed by atoms with Crippen LogP contribution >= 0.6 is 7.82 Å². The number of carbonyl (C=O) groups excluding carboxylic acids is 1. The number of carboxylic acid groups (broad SMARTS) is 2. The summed E-state index contributed by atoms with van der Waals surface area (Å²) in [6, 6.07) is 0. The van der Waals surface area contributed by atoms with Gasteiger partial charge in [0.25, 0.3) is 0 Å². The lowest BCUT2D eigenvalue weighted by Crippen LogP contribution is -2.37. The van der Waals surface area contributed by atoms with E-state index in [-0.39, 0.29) is 19.6 Å². The topological polar surface area (TPSA) is 153 Å². The van der Waals surface area contributed by atoms with Crippen LogP contribution in [0, 0.1) is 0 Å². The number of likely N-dealkylation sites (N-methyl/N-ethyl adjacent to an activating group) is 1. The molecule has 0 aromatic heterocycles. The van der Waals surface area contributed by atoms with Gasteiger partial charge in [-0.2, -0.15) is 0 Å². The Balaban J connectivity index is 0. The second-order valence-corrected chi connectivity index (χ2v) is 6.96. The van der Waals surface area contributed by atoms with Crippen LogP contribution in [-0.4, -0.2) is 79.0 Å². The van der Waals surface area contributed by atoms with Gasteiger partial charge in [0.15, 0.2) is 0 Å². The van der Waals surface area contributed by atoms with E-state index in [1.165, 1.54) is 0 Å². The highest BCUT2D eigenvalue weighted by molar-refractivity contribution is 7.47. The van der Waals surface area contributed by atoms with Crippen molar-refractivity contribution in [3.63, 3.8) is 0 Å². The minimum absolute atomic E-state index is 0.179. The predicted octanol–water partition coefficient (Wildman–Crippen LogP) is -1.02. The van der Waals surface area contributed by atoms with Crippen molar-refractivity contribution in [1.82, 2.24) is 0 Å². The molecule has 0 aliphatic rings. The Morgan fingerprint density at radius 2 is 1.79 bits per heavy atom. The van der Waals surface area contributed by atoms with Gasteiger partial charge >= 0.3 is 13.8 Å². The summed E-state index contributed by atoms with van der Waals surface area (Å²) in [4.78, 5) is 29.0. The number of phosphoric acid groups is 1. The minimum Gasteiger partial charge on any atom is -0.545 e. The minimum atomic E-state index is -3.79. The highest BCUT2D eigenvalue weighted by Crippen LogP contribution is 2.42. The number of nitrogens with zero attached hydrogens (tertiary/aromatic N) is 1. The van der Waals surface area contributed by atoms with Gasteiger partial charge in [0.05, 0.1) is 33.7 Å². The second kappa shape index (κ2) is 12.1. The van der Waals surface area contributed by atoms with Gasteiger partial charge in [-0.05, 0) is 18.9 Å². The average molecular weight is 371 g/mol. The molecule has 0 saturated carbocycles. The van der Waals surface area contributed by atoms with Gasteiger partial charge in [0, 0.05) is 12.7 Å². The number of quaternary nitrogens is 1. The van der Waals surface area contributed by atoms with Gasteiger partial charge in [0.2, 0.25) is 0 Å². The fraction of sp³-hybridized carbons (Fsp3) is 0.692. The third-order valence-corrected chi connectivity index (χ3v) is 3.34. The van der Waals surface area contributed by atoms with Crippen molar-refractivity contribution >= 4 is 19.8 Å². The first-order valence-electron chi connectivity index (χ1n) is 7.02. The summed E-state index contributed by atoms with van der Waals surface area (Å²) in [5.41, 5.74) is -0.417. The van der Waals surface area contributed by atoms with Crippen LogP contribution in [0.5, 0.6) is 0 Å². The fourth-order valence-corrected chi connectivity index (χ4v) is 1.85. The Bertz CT molecular complexity index is 471. The number of hydrogen-bond acceptors (Lipinski definition) is 7. The van der Waals surface area contributed by atoms with Crippen molar-refractivity contribution in [3.05, 3.63) is 11.6 Å². The zero-order chi connectivity index (χ0) is 19.4. The Kier molecular flexibility index (Phi) is 12.6. The Morgan fingerprint density at radius 3 is 2.12 bits per heavy atom. The van der Waals surface area contributed by atoms with Crippen molar-refractivity contribution in [3.8, 4) is 0 Å². The Morgan fingerprint density at radius 1 is 1.25 bits per heavy atom. The third-order valence-electron chi connectivity index (χ3n) is 2.25. The molecule has 0 aliphatic heterocycles. The molecule has 0 amide bonds. The number of rotatable bonds is 10. The molecule has 1 atom stereocenters. The summed E-state index contributed by atoms with van der Waals surface area (Å²) in [7, 11) is 2.15. The third kappa shape index (κ3) is 17.1. The van der Waals surface area contributed by atoms with Crippen molar-refractivity contribution in [1.29, 1.82) is 0 Å². The van der Waals surface area contributed by atoms with Crippen molar-refractivity contribution < 1.29 is 47.9 Å². The molecule has 1 unspecified atom stereocenters. The average Bonchev–Trinajstić information content (AvgIpc) is 2.36. The molecular formula is C13H26NO9P. The van der Waals surface area contributed by atoms with E-state index >= 15 is 0 Å². The van der Waals surface area contributed by atoms with Crippen LogP contribution in [-0.2, 0) is 23.2 Å². The molecule has 0 rings (SSSR count). The van der Waals surface area contributed by atoms with E-state index < -0.39 is 31.9 Å². The lowest BCUT2D eigenvalue weighted by molar-refractivity contribution is -0.870. The molecule has 0 aromatic carbocycles. The smallest absolute Gasteiger partial charge is 0.472 e. The molecule has 0 heterocycles. The molecule has 3 N–H and O–H groups in total. The van der Waals surface area contributed by atoms with E-state index in [9.17, 15) is 19.3 Å². The van der Waals surface area contributed by atoms with Gasteiger partial charge in [-0.3, -0.25) is 9.05 Å². The highest BCUT2D eigenvalue weighted by Gasteiger charge is 2.21. The van der Waals surface area contributed by atoms with E-state index in [4.69, 9.17) is 19.6 Å². The standard InChI is InChI=1S/C7H18NO4P.C6H8O5/c1-5-11-13(9,10)12-7-6-8(2,3)4;7-2-1-4(6(10)11)3-5(8)9/h5-7H2,1-4H3;3,7H,1-2H2,(H,8,9)(H,10,11)/b;4-3+. The van der Waals surface area contributed by atoms with Crippen LogP contribution < -0.4 is 5.11 Å². The van der Waals surface area contributed by atoms with Gasteiger partial charge in [-0.15, -0.1) is 0 Å². The lowest BCUT2D eigenvalue weighted by Gasteiger charge is -2.23. The maximum Gasteiger partial charge on any atom is 0.472 e. The summed E-state index contributed by atoms with van der Waals surface area (Å²) in [6.45, 7) is 2.30. The molecule has 24 heavy (non-hydrogen) atoms. The van der Waals surface area contributed by atoms with E-state index in [2.05, 4.69) is 4.52 Å². The van der Waals surface area contributed by atoms with Crippen LogP contribution in [0.1, 0.15) is 13.3 Å². The van der Waals surface area contributed by atoms with Gasteiger partial charge in [-0.25, -0.2) is 9.36 Å². The highest BCUT2D eigenvalue weighted by atomic mass is 31.2. The lowest BCUT2D eigenvalue weighted by atomic mass is 10.2. The molecular weight excluding hydrogens is 345 g/mol. The maximum absolute atomic E-state index is 11.0. The number of aliphatic hydroxyl groups excluding tert-OH is 1. The van der Waals surface area contributed by atoms with E-state index in [0.717, 1.165) is 0 Å². The first kappa shape index (κ1) is 25.0. The van der Waals surface area contributed by atoms with E-state index in [1.54, 1.807) is 6.92 Å².